The van der Waals surface area contributed by atoms with Gasteiger partial charge in [0.2, 0.25) is 0 Å². The van der Waals surface area contributed by atoms with Crippen LogP contribution < -0.4 is 5.32 Å². The van der Waals surface area contributed by atoms with Gasteiger partial charge in [-0.05, 0) is 51.9 Å². The summed E-state index contributed by atoms with van der Waals surface area (Å²) in [4.78, 5) is 15.0. The predicted molar refractivity (Wildman–Crippen MR) is 100 cm³/mol. The van der Waals surface area contributed by atoms with Gasteiger partial charge in [-0.2, -0.15) is 0 Å². The number of aromatic nitrogens is 1. The molecule has 1 aromatic heterocycles. The quantitative estimate of drug-likeness (QED) is 0.924. The number of likely N-dealkylation sites (N-methyl/N-ethyl adjacent to an activating group) is 1. The molecule has 0 spiro atoms. The molecule has 4 nitrogen and oxygen atoms in total. The Morgan fingerprint density at radius 1 is 1.21 bits per heavy atom. The Morgan fingerprint density at radius 3 is 2.58 bits per heavy atom. The van der Waals surface area contributed by atoms with Crippen molar-refractivity contribution in [3.05, 3.63) is 53.3 Å². The molecule has 0 saturated carbocycles. The molecule has 3 rings (SSSR count). The summed E-state index contributed by atoms with van der Waals surface area (Å²) in [5, 5.41) is 3.30. The molecule has 5 heteroatoms. The molecular weight excluding hydrogens is 322 g/mol. The number of benzene rings is 1. The van der Waals surface area contributed by atoms with Crippen molar-refractivity contribution in [1.29, 1.82) is 0 Å². The SMILES string of the molecule is CNC1CCCN(C(=O)c2cc(C)n(-c3ccccc3)c2C)C1.Cl. The first-order valence-corrected chi connectivity index (χ1v) is 8.32. The summed E-state index contributed by atoms with van der Waals surface area (Å²) in [5.41, 5.74) is 4.04. The summed E-state index contributed by atoms with van der Waals surface area (Å²) in [7, 11) is 1.97. The van der Waals surface area contributed by atoms with Crippen molar-refractivity contribution in [2.45, 2.75) is 32.7 Å². The second kappa shape index (κ2) is 7.86. The van der Waals surface area contributed by atoms with Gasteiger partial charge >= 0.3 is 0 Å². The lowest BCUT2D eigenvalue weighted by molar-refractivity contribution is 0.0697. The highest BCUT2D eigenvalue weighted by atomic mass is 35.5. The monoisotopic (exact) mass is 347 g/mol. The summed E-state index contributed by atoms with van der Waals surface area (Å²) in [6.45, 7) is 5.74. The smallest absolute Gasteiger partial charge is 0.255 e. The summed E-state index contributed by atoms with van der Waals surface area (Å²) in [6, 6.07) is 12.6. The number of carbonyl (C=O) groups excluding carboxylic acids is 1. The molecule has 0 radical (unpaired) electrons. The Morgan fingerprint density at radius 2 is 1.92 bits per heavy atom. The van der Waals surface area contributed by atoms with E-state index in [2.05, 4.69) is 28.9 Å². The van der Waals surface area contributed by atoms with Gasteiger partial charge in [-0.3, -0.25) is 4.79 Å². The van der Waals surface area contributed by atoms with E-state index in [-0.39, 0.29) is 18.3 Å². The second-order valence-corrected chi connectivity index (χ2v) is 6.33. The number of halogens is 1. The normalized spacial score (nSPS) is 17.5. The number of nitrogens with zero attached hydrogens (tertiary/aromatic N) is 2. The summed E-state index contributed by atoms with van der Waals surface area (Å²) < 4.78 is 2.16. The molecule has 1 amide bonds. The van der Waals surface area contributed by atoms with Crippen LogP contribution in [-0.2, 0) is 0 Å². The Balaban J connectivity index is 0.00000208. The van der Waals surface area contributed by atoms with Crippen molar-refractivity contribution in [3.8, 4) is 5.69 Å². The fourth-order valence-electron chi connectivity index (χ4n) is 3.52. The number of aryl methyl sites for hydroxylation is 1. The third-order valence-electron chi connectivity index (χ3n) is 4.79. The molecule has 0 aliphatic carbocycles. The molecule has 1 aliphatic heterocycles. The first-order valence-electron chi connectivity index (χ1n) is 8.32. The van der Waals surface area contributed by atoms with Crippen LogP contribution in [-0.4, -0.2) is 41.6 Å². The minimum atomic E-state index is 0. The second-order valence-electron chi connectivity index (χ2n) is 6.33. The van der Waals surface area contributed by atoms with E-state index in [0.717, 1.165) is 48.6 Å². The Hall–Kier alpha value is -1.78. The molecule has 2 aromatic rings. The zero-order valence-corrected chi connectivity index (χ0v) is 15.4. The van der Waals surface area contributed by atoms with Gasteiger partial charge in [0.05, 0.1) is 5.56 Å². The maximum atomic E-state index is 13.0. The van der Waals surface area contributed by atoms with Crippen LogP contribution in [0.5, 0.6) is 0 Å². The molecule has 1 aliphatic rings. The van der Waals surface area contributed by atoms with E-state index in [4.69, 9.17) is 0 Å². The van der Waals surface area contributed by atoms with Crippen LogP contribution in [0.3, 0.4) is 0 Å². The van der Waals surface area contributed by atoms with Crippen molar-refractivity contribution in [2.24, 2.45) is 0 Å². The number of nitrogens with one attached hydrogen (secondary N) is 1. The standard InChI is InChI=1S/C19H25N3O.ClH/c1-14-12-18(15(2)22(14)17-9-5-4-6-10-17)19(23)21-11-7-8-16(13-21)20-3;/h4-6,9-10,12,16,20H,7-8,11,13H2,1-3H3;1H. The average Bonchev–Trinajstić information content (AvgIpc) is 2.89. The number of hydrogen-bond acceptors (Lipinski definition) is 2. The molecule has 1 aromatic carbocycles. The van der Waals surface area contributed by atoms with Gasteiger partial charge in [0.15, 0.2) is 0 Å². The predicted octanol–water partition coefficient (Wildman–Crippen LogP) is 3.34. The minimum Gasteiger partial charge on any atom is -0.337 e. The highest BCUT2D eigenvalue weighted by Gasteiger charge is 2.26. The fourth-order valence-corrected chi connectivity index (χ4v) is 3.52. The van der Waals surface area contributed by atoms with Gasteiger partial charge in [0.25, 0.3) is 5.91 Å². The van der Waals surface area contributed by atoms with Crippen LogP contribution in [0.2, 0.25) is 0 Å². The lowest BCUT2D eigenvalue weighted by Crippen LogP contribution is -2.47. The molecule has 1 atom stereocenters. The van der Waals surface area contributed by atoms with E-state index in [9.17, 15) is 4.79 Å². The van der Waals surface area contributed by atoms with E-state index >= 15 is 0 Å². The largest absolute Gasteiger partial charge is 0.337 e. The fraction of sp³-hybridized carbons (Fsp3) is 0.421. The van der Waals surface area contributed by atoms with Crippen LogP contribution >= 0.6 is 12.4 Å². The summed E-state index contributed by atoms with van der Waals surface area (Å²) in [5.74, 6) is 0.153. The Bertz CT molecular complexity index is 696. The third-order valence-corrected chi connectivity index (χ3v) is 4.79. The van der Waals surface area contributed by atoms with Crippen molar-refractivity contribution >= 4 is 18.3 Å². The number of likely N-dealkylation sites (tertiary alicyclic amines) is 1. The molecule has 1 fully saturated rings. The average molecular weight is 348 g/mol. The van der Waals surface area contributed by atoms with Crippen molar-refractivity contribution < 1.29 is 4.79 Å². The van der Waals surface area contributed by atoms with E-state index in [1.807, 2.05) is 43.1 Å². The Kier molecular flexibility index (Phi) is 6.08. The Labute approximate surface area is 150 Å². The van der Waals surface area contributed by atoms with Crippen molar-refractivity contribution in [1.82, 2.24) is 14.8 Å². The van der Waals surface area contributed by atoms with Crippen LogP contribution in [0, 0.1) is 13.8 Å². The third kappa shape index (κ3) is 3.50. The lowest BCUT2D eigenvalue weighted by Gasteiger charge is -2.32. The zero-order valence-electron chi connectivity index (χ0n) is 14.6. The van der Waals surface area contributed by atoms with Crippen molar-refractivity contribution in [2.75, 3.05) is 20.1 Å². The number of piperidine rings is 1. The minimum absolute atomic E-state index is 0. The van der Waals surface area contributed by atoms with Gasteiger partial charge in [0, 0.05) is 36.2 Å². The number of amides is 1. The lowest BCUT2D eigenvalue weighted by atomic mass is 10.0. The molecule has 0 bridgehead atoms. The number of rotatable bonds is 3. The van der Waals surface area contributed by atoms with E-state index in [1.54, 1.807) is 0 Å². The summed E-state index contributed by atoms with van der Waals surface area (Å²) in [6.07, 6.45) is 2.21. The zero-order chi connectivity index (χ0) is 16.4. The van der Waals surface area contributed by atoms with E-state index in [0.29, 0.717) is 6.04 Å². The highest BCUT2D eigenvalue weighted by Crippen LogP contribution is 2.23. The first-order chi connectivity index (χ1) is 11.1. The molecule has 1 N–H and O–H groups in total. The van der Waals surface area contributed by atoms with Gasteiger partial charge in [-0.1, -0.05) is 18.2 Å². The van der Waals surface area contributed by atoms with Crippen LogP contribution in [0.4, 0.5) is 0 Å². The van der Waals surface area contributed by atoms with E-state index in [1.165, 1.54) is 0 Å². The van der Waals surface area contributed by atoms with Gasteiger partial charge in [-0.25, -0.2) is 0 Å². The topological polar surface area (TPSA) is 37.3 Å². The van der Waals surface area contributed by atoms with Crippen LogP contribution in [0.25, 0.3) is 5.69 Å². The number of para-hydroxylation sites is 1. The number of carbonyl (C=O) groups is 1. The van der Waals surface area contributed by atoms with Crippen LogP contribution in [0.1, 0.15) is 34.6 Å². The van der Waals surface area contributed by atoms with Crippen LogP contribution in [0.15, 0.2) is 36.4 Å². The first kappa shape index (κ1) is 18.6. The molecular formula is C19H26ClN3O. The number of hydrogen-bond donors (Lipinski definition) is 1. The summed E-state index contributed by atoms with van der Waals surface area (Å²) >= 11 is 0. The van der Waals surface area contributed by atoms with Gasteiger partial charge in [-0.15, -0.1) is 12.4 Å². The maximum Gasteiger partial charge on any atom is 0.255 e. The van der Waals surface area contributed by atoms with Crippen molar-refractivity contribution in [3.63, 3.8) is 0 Å². The van der Waals surface area contributed by atoms with E-state index < -0.39 is 0 Å². The molecule has 130 valence electrons. The van der Waals surface area contributed by atoms with Gasteiger partial charge < -0.3 is 14.8 Å². The molecule has 1 saturated heterocycles. The maximum absolute atomic E-state index is 13.0. The molecule has 24 heavy (non-hydrogen) atoms. The van der Waals surface area contributed by atoms with Gasteiger partial charge in [0.1, 0.15) is 0 Å². The molecule has 1 unspecified atom stereocenters. The molecule has 2 heterocycles. The highest BCUT2D eigenvalue weighted by molar-refractivity contribution is 5.96.